The molecule has 0 aliphatic heterocycles. The van der Waals surface area contributed by atoms with Crippen molar-refractivity contribution in [3.8, 4) is 12.3 Å². The predicted octanol–water partition coefficient (Wildman–Crippen LogP) is -0.208. The summed E-state index contributed by atoms with van der Waals surface area (Å²) in [5.74, 6) is 1.78. The summed E-state index contributed by atoms with van der Waals surface area (Å²) in [6.45, 7) is 3.57. The van der Waals surface area contributed by atoms with E-state index in [2.05, 4.69) is 16.6 Å². The minimum Gasteiger partial charge on any atom is -0.396 e. The molecular formula is C15H26N2O4. The molecule has 1 atom stereocenters. The zero-order valence-electron chi connectivity index (χ0n) is 12.8. The summed E-state index contributed by atoms with van der Waals surface area (Å²) in [6.07, 6.45) is 6.35. The zero-order valence-corrected chi connectivity index (χ0v) is 12.8. The van der Waals surface area contributed by atoms with E-state index in [4.69, 9.17) is 11.5 Å². The van der Waals surface area contributed by atoms with Gasteiger partial charge in [0.1, 0.15) is 6.10 Å². The van der Waals surface area contributed by atoms with E-state index in [1.54, 1.807) is 13.8 Å². The number of aliphatic hydroxyl groups excluding tert-OH is 2. The second-order valence-corrected chi connectivity index (χ2v) is 5.60. The molecule has 0 saturated heterocycles. The molecule has 0 rings (SSSR count). The molecule has 21 heavy (non-hydrogen) atoms. The number of hydrogen-bond acceptors (Lipinski definition) is 4. The van der Waals surface area contributed by atoms with Gasteiger partial charge >= 0.3 is 0 Å². The summed E-state index contributed by atoms with van der Waals surface area (Å²) in [6, 6.07) is 0. The van der Waals surface area contributed by atoms with Crippen LogP contribution in [0.3, 0.4) is 0 Å². The molecule has 0 heterocycles. The van der Waals surface area contributed by atoms with Gasteiger partial charge in [-0.05, 0) is 12.8 Å². The third kappa shape index (κ3) is 8.33. The van der Waals surface area contributed by atoms with Crippen LogP contribution >= 0.6 is 0 Å². The lowest BCUT2D eigenvalue weighted by atomic mass is 9.87. The van der Waals surface area contributed by atoms with E-state index in [0.29, 0.717) is 13.0 Å². The second kappa shape index (κ2) is 10.2. The fourth-order valence-electron chi connectivity index (χ4n) is 1.51. The lowest BCUT2D eigenvalue weighted by Gasteiger charge is -2.27. The molecule has 0 aromatic carbocycles. The summed E-state index contributed by atoms with van der Waals surface area (Å²) in [4.78, 5) is 23.1. The molecule has 2 amide bonds. The van der Waals surface area contributed by atoms with Gasteiger partial charge in [0.25, 0.3) is 0 Å². The number of terminal acetylenes is 1. The van der Waals surface area contributed by atoms with E-state index in [0.717, 1.165) is 12.8 Å². The molecule has 0 aromatic rings. The van der Waals surface area contributed by atoms with Crippen molar-refractivity contribution in [2.24, 2.45) is 5.41 Å². The smallest absolute Gasteiger partial charge is 0.249 e. The van der Waals surface area contributed by atoms with Crippen LogP contribution in [0.5, 0.6) is 0 Å². The largest absolute Gasteiger partial charge is 0.396 e. The summed E-state index contributed by atoms with van der Waals surface area (Å²) >= 11 is 0. The number of aliphatic hydroxyl groups is 2. The molecule has 120 valence electrons. The van der Waals surface area contributed by atoms with Crippen LogP contribution < -0.4 is 10.6 Å². The first-order valence-corrected chi connectivity index (χ1v) is 7.12. The quantitative estimate of drug-likeness (QED) is 0.331. The summed E-state index contributed by atoms with van der Waals surface area (Å²) in [5, 5.41) is 24.0. The number of nitrogens with one attached hydrogen (secondary N) is 2. The van der Waals surface area contributed by atoms with E-state index < -0.39 is 17.4 Å². The average Bonchev–Trinajstić information content (AvgIpc) is 2.46. The summed E-state index contributed by atoms with van der Waals surface area (Å²) in [7, 11) is 0. The highest BCUT2D eigenvalue weighted by Gasteiger charge is 2.32. The van der Waals surface area contributed by atoms with Crippen molar-refractivity contribution in [2.75, 3.05) is 19.7 Å². The summed E-state index contributed by atoms with van der Waals surface area (Å²) < 4.78 is 0. The average molecular weight is 298 g/mol. The lowest BCUT2D eigenvalue weighted by molar-refractivity contribution is -0.137. The SMILES string of the molecule is C#CCCCCNC(=O)CCNC(=O)[C@H](O)C(C)(C)CO. The molecule has 0 saturated carbocycles. The predicted molar refractivity (Wildman–Crippen MR) is 80.2 cm³/mol. The molecule has 0 fully saturated rings. The molecule has 0 aliphatic rings. The number of amides is 2. The van der Waals surface area contributed by atoms with E-state index in [1.165, 1.54) is 0 Å². The highest BCUT2D eigenvalue weighted by atomic mass is 16.3. The molecule has 0 radical (unpaired) electrons. The number of carbonyl (C=O) groups excluding carboxylic acids is 2. The summed E-state index contributed by atoms with van der Waals surface area (Å²) in [5.41, 5.74) is -0.913. The molecule has 6 heteroatoms. The Balaban J connectivity index is 3.81. The maximum absolute atomic E-state index is 11.6. The first kappa shape index (κ1) is 19.4. The number of carbonyl (C=O) groups is 2. The minimum absolute atomic E-state index is 0.146. The monoisotopic (exact) mass is 298 g/mol. The highest BCUT2D eigenvalue weighted by Crippen LogP contribution is 2.19. The van der Waals surface area contributed by atoms with Crippen molar-refractivity contribution >= 4 is 11.8 Å². The molecule has 6 nitrogen and oxygen atoms in total. The Kier molecular flexibility index (Phi) is 9.42. The maximum Gasteiger partial charge on any atom is 0.249 e. The fraction of sp³-hybridized carbons (Fsp3) is 0.733. The van der Waals surface area contributed by atoms with Crippen molar-refractivity contribution in [2.45, 2.75) is 45.6 Å². The van der Waals surface area contributed by atoms with Crippen molar-refractivity contribution in [1.29, 1.82) is 0 Å². The van der Waals surface area contributed by atoms with Crippen LogP contribution in [-0.4, -0.2) is 47.8 Å². The van der Waals surface area contributed by atoms with Gasteiger partial charge in [0.2, 0.25) is 11.8 Å². The topological polar surface area (TPSA) is 98.7 Å². The fourth-order valence-corrected chi connectivity index (χ4v) is 1.51. The second-order valence-electron chi connectivity index (χ2n) is 5.60. The third-order valence-electron chi connectivity index (χ3n) is 3.12. The first-order valence-electron chi connectivity index (χ1n) is 7.12. The van der Waals surface area contributed by atoms with Crippen molar-refractivity contribution < 1.29 is 19.8 Å². The van der Waals surface area contributed by atoms with Gasteiger partial charge in [-0.15, -0.1) is 12.3 Å². The van der Waals surface area contributed by atoms with Gasteiger partial charge in [-0.3, -0.25) is 9.59 Å². The van der Waals surface area contributed by atoms with Gasteiger partial charge < -0.3 is 20.8 Å². The number of hydrogen-bond donors (Lipinski definition) is 4. The highest BCUT2D eigenvalue weighted by molar-refractivity contribution is 5.82. The first-order chi connectivity index (χ1) is 9.85. The molecule has 0 unspecified atom stereocenters. The Labute approximate surface area is 126 Å². The van der Waals surface area contributed by atoms with Crippen molar-refractivity contribution in [1.82, 2.24) is 10.6 Å². The lowest BCUT2D eigenvalue weighted by Crippen LogP contribution is -2.46. The Hall–Kier alpha value is -1.58. The van der Waals surface area contributed by atoms with Gasteiger partial charge in [-0.1, -0.05) is 13.8 Å². The van der Waals surface area contributed by atoms with Gasteiger partial charge in [-0.2, -0.15) is 0 Å². The Morgan fingerprint density at radius 3 is 2.48 bits per heavy atom. The van der Waals surface area contributed by atoms with Crippen molar-refractivity contribution in [3.63, 3.8) is 0 Å². The van der Waals surface area contributed by atoms with E-state index >= 15 is 0 Å². The van der Waals surface area contributed by atoms with Crippen LogP contribution in [-0.2, 0) is 9.59 Å². The van der Waals surface area contributed by atoms with Crippen molar-refractivity contribution in [3.05, 3.63) is 0 Å². The molecule has 0 aromatic heterocycles. The van der Waals surface area contributed by atoms with Crippen LogP contribution in [0.2, 0.25) is 0 Å². The minimum atomic E-state index is -1.31. The van der Waals surface area contributed by atoms with Crippen LogP contribution in [0.4, 0.5) is 0 Å². The van der Waals surface area contributed by atoms with Crippen LogP contribution in [0, 0.1) is 17.8 Å². The van der Waals surface area contributed by atoms with Crippen LogP contribution in [0.15, 0.2) is 0 Å². The van der Waals surface area contributed by atoms with Gasteiger partial charge in [0.15, 0.2) is 0 Å². The Bertz CT molecular complexity index is 374. The zero-order chi connectivity index (χ0) is 16.3. The Morgan fingerprint density at radius 2 is 1.90 bits per heavy atom. The molecule has 0 spiro atoms. The standard InChI is InChI=1S/C15H26N2O4/c1-4-5-6-7-9-16-12(19)8-10-17-14(21)13(20)15(2,3)11-18/h1,13,18,20H,5-11H2,2-3H3,(H,16,19)(H,17,21)/t13-/m0/s1. The third-order valence-corrected chi connectivity index (χ3v) is 3.12. The van der Waals surface area contributed by atoms with E-state index in [9.17, 15) is 14.7 Å². The van der Waals surface area contributed by atoms with Crippen LogP contribution in [0.25, 0.3) is 0 Å². The normalized spacial score (nSPS) is 12.3. The van der Waals surface area contributed by atoms with Gasteiger partial charge in [0, 0.05) is 31.3 Å². The number of unbranched alkanes of at least 4 members (excludes halogenated alkanes) is 2. The molecule has 4 N–H and O–H groups in total. The molecule has 0 bridgehead atoms. The maximum atomic E-state index is 11.6. The van der Waals surface area contributed by atoms with E-state index in [1.807, 2.05) is 0 Å². The Morgan fingerprint density at radius 1 is 1.24 bits per heavy atom. The molecular weight excluding hydrogens is 272 g/mol. The van der Waals surface area contributed by atoms with E-state index in [-0.39, 0.29) is 25.5 Å². The number of rotatable bonds is 10. The van der Waals surface area contributed by atoms with Crippen LogP contribution in [0.1, 0.15) is 39.5 Å². The van der Waals surface area contributed by atoms with Gasteiger partial charge in [-0.25, -0.2) is 0 Å². The van der Waals surface area contributed by atoms with Gasteiger partial charge in [0.05, 0.1) is 6.61 Å². The molecule has 0 aliphatic carbocycles.